The lowest BCUT2D eigenvalue weighted by Crippen LogP contribution is -2.03. The third-order valence-electron chi connectivity index (χ3n) is 4.52. The van der Waals surface area contributed by atoms with Crippen LogP contribution in [0, 0.1) is 6.92 Å². The van der Waals surface area contributed by atoms with Gasteiger partial charge in [-0.3, -0.25) is 0 Å². The van der Waals surface area contributed by atoms with Crippen LogP contribution < -0.4 is 0 Å². The zero-order chi connectivity index (χ0) is 18.8. The lowest BCUT2D eigenvalue weighted by molar-refractivity contribution is 0.731. The molecule has 0 amide bonds. The maximum atomic E-state index is 4.77. The molecule has 0 unspecified atom stereocenters. The molecule has 0 aliphatic carbocycles. The standard InChI is InChI=1S/C20H21N5S2/c1-14-6-8-15(9-7-14)19-21-16(12-26-19)13-27-20-23-22-18(25(20)3)11-17-5-4-10-24(17)2/h4-10,12H,11,13H2,1-3H3. The van der Waals surface area contributed by atoms with Gasteiger partial charge in [0.15, 0.2) is 5.16 Å². The molecule has 0 saturated carbocycles. The summed E-state index contributed by atoms with van der Waals surface area (Å²) in [5.74, 6) is 1.76. The van der Waals surface area contributed by atoms with Crippen molar-refractivity contribution in [1.82, 2.24) is 24.3 Å². The summed E-state index contributed by atoms with van der Waals surface area (Å²) in [7, 11) is 4.08. The second kappa shape index (κ2) is 7.70. The molecule has 0 N–H and O–H groups in total. The number of thioether (sulfide) groups is 1. The van der Waals surface area contributed by atoms with Gasteiger partial charge in [-0.15, -0.1) is 21.5 Å². The minimum absolute atomic E-state index is 0.780. The quantitative estimate of drug-likeness (QED) is 0.452. The first-order chi connectivity index (χ1) is 13.1. The number of aromatic nitrogens is 5. The van der Waals surface area contributed by atoms with E-state index >= 15 is 0 Å². The molecular weight excluding hydrogens is 374 g/mol. The Morgan fingerprint density at radius 2 is 1.89 bits per heavy atom. The van der Waals surface area contributed by atoms with Gasteiger partial charge in [-0.05, 0) is 19.1 Å². The topological polar surface area (TPSA) is 48.5 Å². The van der Waals surface area contributed by atoms with Gasteiger partial charge in [0.1, 0.15) is 10.8 Å². The second-order valence-corrected chi connectivity index (χ2v) is 8.34. The van der Waals surface area contributed by atoms with Crippen molar-refractivity contribution in [1.29, 1.82) is 0 Å². The number of benzene rings is 1. The Bertz CT molecular complexity index is 1040. The van der Waals surface area contributed by atoms with E-state index in [1.165, 1.54) is 16.8 Å². The molecule has 0 aliphatic heterocycles. The van der Waals surface area contributed by atoms with E-state index in [9.17, 15) is 0 Å². The van der Waals surface area contributed by atoms with Crippen LogP contribution in [-0.4, -0.2) is 24.3 Å². The molecule has 3 heterocycles. The molecule has 27 heavy (non-hydrogen) atoms. The van der Waals surface area contributed by atoms with E-state index in [0.717, 1.165) is 33.9 Å². The van der Waals surface area contributed by atoms with E-state index < -0.39 is 0 Å². The summed E-state index contributed by atoms with van der Waals surface area (Å²) in [5.41, 5.74) is 4.74. The fourth-order valence-electron chi connectivity index (χ4n) is 2.81. The molecule has 7 heteroatoms. The van der Waals surface area contributed by atoms with Gasteiger partial charge < -0.3 is 9.13 Å². The average molecular weight is 396 g/mol. The normalized spacial score (nSPS) is 11.2. The Morgan fingerprint density at radius 1 is 1.07 bits per heavy atom. The summed E-state index contributed by atoms with van der Waals surface area (Å²) in [6, 6.07) is 12.7. The minimum Gasteiger partial charge on any atom is -0.354 e. The van der Waals surface area contributed by atoms with E-state index in [1.807, 2.05) is 7.05 Å². The first kappa shape index (κ1) is 18.0. The molecule has 0 bridgehead atoms. The van der Waals surface area contributed by atoms with Gasteiger partial charge in [0.2, 0.25) is 0 Å². The molecule has 1 aromatic carbocycles. The molecule has 3 aromatic heterocycles. The molecule has 0 fully saturated rings. The van der Waals surface area contributed by atoms with Crippen molar-refractivity contribution in [2.24, 2.45) is 14.1 Å². The SMILES string of the molecule is Cc1ccc(-c2nc(CSc3nnc(Cc4cccn4C)n3C)cs2)cc1. The van der Waals surface area contributed by atoms with Crippen LogP contribution in [0.15, 0.2) is 53.1 Å². The van der Waals surface area contributed by atoms with Crippen molar-refractivity contribution in [2.75, 3.05) is 0 Å². The maximum absolute atomic E-state index is 4.77. The molecule has 4 aromatic rings. The summed E-state index contributed by atoms with van der Waals surface area (Å²) in [6.45, 7) is 2.10. The lowest BCUT2D eigenvalue weighted by Gasteiger charge is -2.04. The van der Waals surface area contributed by atoms with E-state index in [1.54, 1.807) is 23.1 Å². The number of thiazole rings is 1. The predicted octanol–water partition coefficient (Wildman–Crippen LogP) is 4.47. The zero-order valence-corrected chi connectivity index (χ0v) is 17.2. The van der Waals surface area contributed by atoms with E-state index in [4.69, 9.17) is 4.98 Å². The fraction of sp³-hybridized carbons (Fsp3) is 0.250. The summed E-state index contributed by atoms with van der Waals surface area (Å²) in [4.78, 5) is 4.77. The third kappa shape index (κ3) is 3.99. The second-order valence-electron chi connectivity index (χ2n) is 6.54. The van der Waals surface area contributed by atoms with Gasteiger partial charge in [-0.1, -0.05) is 41.6 Å². The Balaban J connectivity index is 1.42. The number of hydrogen-bond donors (Lipinski definition) is 0. The number of aryl methyl sites for hydroxylation is 2. The van der Waals surface area contributed by atoms with Crippen LogP contribution in [0.2, 0.25) is 0 Å². The molecule has 138 valence electrons. The van der Waals surface area contributed by atoms with Gasteiger partial charge in [0.05, 0.1) is 5.69 Å². The maximum Gasteiger partial charge on any atom is 0.191 e. The van der Waals surface area contributed by atoms with Crippen LogP contribution in [0.25, 0.3) is 10.6 Å². The molecule has 0 aliphatic rings. The van der Waals surface area contributed by atoms with E-state index in [0.29, 0.717) is 0 Å². The van der Waals surface area contributed by atoms with Crippen LogP contribution in [-0.2, 0) is 26.3 Å². The molecule has 0 spiro atoms. The predicted molar refractivity (Wildman–Crippen MR) is 111 cm³/mol. The van der Waals surface area contributed by atoms with Gasteiger partial charge >= 0.3 is 0 Å². The summed E-state index contributed by atoms with van der Waals surface area (Å²) < 4.78 is 4.19. The Morgan fingerprint density at radius 3 is 2.63 bits per heavy atom. The van der Waals surface area contributed by atoms with Crippen molar-refractivity contribution in [3.05, 3.63) is 70.8 Å². The first-order valence-corrected chi connectivity index (χ1v) is 10.6. The van der Waals surface area contributed by atoms with Gasteiger partial charge in [0, 0.05) is 49.1 Å². The third-order valence-corrected chi connectivity index (χ3v) is 6.51. The van der Waals surface area contributed by atoms with Crippen molar-refractivity contribution in [2.45, 2.75) is 24.3 Å². The summed E-state index contributed by atoms with van der Waals surface area (Å²) in [5, 5.41) is 12.8. The Labute approximate surface area is 167 Å². The molecule has 0 radical (unpaired) electrons. The highest BCUT2D eigenvalue weighted by Gasteiger charge is 2.12. The monoisotopic (exact) mass is 395 g/mol. The first-order valence-electron chi connectivity index (χ1n) is 8.73. The number of nitrogens with zero attached hydrogens (tertiary/aromatic N) is 5. The van der Waals surface area contributed by atoms with Crippen LogP contribution in [0.1, 0.15) is 22.8 Å². The lowest BCUT2D eigenvalue weighted by atomic mass is 10.2. The van der Waals surface area contributed by atoms with E-state index in [2.05, 4.69) is 81.3 Å². The van der Waals surface area contributed by atoms with Gasteiger partial charge in [-0.2, -0.15) is 0 Å². The minimum atomic E-state index is 0.780. The van der Waals surface area contributed by atoms with Gasteiger partial charge in [0.25, 0.3) is 0 Å². The average Bonchev–Trinajstić information content (AvgIpc) is 3.37. The van der Waals surface area contributed by atoms with E-state index in [-0.39, 0.29) is 0 Å². The zero-order valence-electron chi connectivity index (χ0n) is 15.6. The van der Waals surface area contributed by atoms with Crippen LogP contribution >= 0.6 is 23.1 Å². The number of rotatable bonds is 6. The highest BCUT2D eigenvalue weighted by molar-refractivity contribution is 7.98. The smallest absolute Gasteiger partial charge is 0.191 e. The summed E-state index contributed by atoms with van der Waals surface area (Å²) >= 11 is 3.36. The Hall–Kier alpha value is -2.38. The van der Waals surface area contributed by atoms with Gasteiger partial charge in [-0.25, -0.2) is 4.98 Å². The van der Waals surface area contributed by atoms with Crippen LogP contribution in [0.3, 0.4) is 0 Å². The van der Waals surface area contributed by atoms with Crippen molar-refractivity contribution < 1.29 is 0 Å². The molecule has 4 rings (SSSR count). The fourth-order valence-corrected chi connectivity index (χ4v) is 4.56. The Kier molecular flexibility index (Phi) is 5.13. The largest absolute Gasteiger partial charge is 0.354 e. The highest BCUT2D eigenvalue weighted by Crippen LogP contribution is 2.27. The highest BCUT2D eigenvalue weighted by atomic mass is 32.2. The van der Waals surface area contributed by atoms with Crippen LogP contribution in [0.5, 0.6) is 0 Å². The van der Waals surface area contributed by atoms with Crippen molar-refractivity contribution >= 4 is 23.1 Å². The van der Waals surface area contributed by atoms with Crippen LogP contribution in [0.4, 0.5) is 0 Å². The molecule has 0 atom stereocenters. The molecular formula is C20H21N5S2. The van der Waals surface area contributed by atoms with Crippen molar-refractivity contribution in [3.8, 4) is 10.6 Å². The molecule has 0 saturated heterocycles. The van der Waals surface area contributed by atoms with Crippen molar-refractivity contribution in [3.63, 3.8) is 0 Å². The molecule has 5 nitrogen and oxygen atoms in total. The summed E-state index contributed by atoms with van der Waals surface area (Å²) in [6.07, 6.45) is 2.83. The number of hydrogen-bond acceptors (Lipinski definition) is 5.